The zero-order chi connectivity index (χ0) is 2.12. The van der Waals surface area contributed by atoms with Crippen molar-refractivity contribution in [3.8, 4) is 0 Å². The van der Waals surface area contributed by atoms with E-state index in [0.717, 1.165) is 0 Å². The van der Waals surface area contributed by atoms with E-state index >= 15 is 0 Å². The van der Waals surface area contributed by atoms with Gasteiger partial charge in [-0.2, -0.15) is 0 Å². The zero-order valence-electron chi connectivity index (χ0n) is 3.36. The van der Waals surface area contributed by atoms with Gasteiger partial charge < -0.3 is 10.8 Å². The van der Waals surface area contributed by atoms with Crippen LogP contribution in [0.3, 0.4) is 0 Å². The molecule has 0 aliphatic carbocycles. The molecule has 5 heavy (non-hydrogen) atoms. The van der Waals surface area contributed by atoms with Gasteiger partial charge in [0.05, 0.1) is 0 Å². The smallest absolute Gasteiger partial charge is 0.870 e. The average molecular weight is 67.0 g/mol. The molecule has 3 heteroatoms. The van der Waals surface area contributed by atoms with E-state index in [1.807, 2.05) is 0 Å². The first-order valence-electron chi connectivity index (χ1n) is 1.21. The Morgan fingerprint density at radius 2 is 1.40 bits per heavy atom. The van der Waals surface area contributed by atoms with Crippen molar-refractivity contribution < 1.29 is 24.3 Å². The van der Waals surface area contributed by atoms with E-state index in [0.29, 0.717) is 0 Å². The normalized spacial score (nSPS) is 14.4. The van der Waals surface area contributed by atoms with Crippen molar-refractivity contribution in [3.05, 3.63) is 0 Å². The monoisotopic (exact) mass is 67.1 g/mol. The van der Waals surface area contributed by atoms with E-state index in [2.05, 4.69) is 5.32 Å². The van der Waals surface area contributed by atoms with E-state index in [4.69, 9.17) is 0 Å². The van der Waals surface area contributed by atoms with E-state index in [9.17, 15) is 0 Å². The Hall–Kier alpha value is 0.517. The molecule has 1 aliphatic rings. The third-order valence-corrected chi connectivity index (χ3v) is 0.250. The standard InChI is InChI=1S/C2H5N.Li.H2O/c1-2-3-1;;/h3H,1-2H2;;1H2/q;+1;/p-1. The summed E-state index contributed by atoms with van der Waals surface area (Å²) in [5.41, 5.74) is 0. The molecule has 1 saturated heterocycles. The number of rotatable bonds is 0. The average Bonchev–Trinajstić information content (AvgIpc) is 1.46. The summed E-state index contributed by atoms with van der Waals surface area (Å²) in [4.78, 5) is 0. The third-order valence-electron chi connectivity index (χ3n) is 0.250. The maximum absolute atomic E-state index is 3.00. The fourth-order valence-electron chi connectivity index (χ4n) is 0. The summed E-state index contributed by atoms with van der Waals surface area (Å²) in [5.74, 6) is 0. The van der Waals surface area contributed by atoms with Crippen LogP contribution in [0.2, 0.25) is 0 Å². The summed E-state index contributed by atoms with van der Waals surface area (Å²) in [6.07, 6.45) is 0. The predicted molar refractivity (Wildman–Crippen MR) is 14.8 cm³/mol. The van der Waals surface area contributed by atoms with Gasteiger partial charge in [-0.25, -0.2) is 0 Å². The second-order valence-electron chi connectivity index (χ2n) is 0.750. The number of hydrogen-bond acceptors (Lipinski definition) is 2. The van der Waals surface area contributed by atoms with Gasteiger partial charge in [-0.15, -0.1) is 0 Å². The molecule has 0 saturated carbocycles. The fraction of sp³-hybridized carbons (Fsp3) is 1.00. The first-order chi connectivity index (χ1) is 1.50. The maximum Gasteiger partial charge on any atom is 1.00 e. The van der Waals surface area contributed by atoms with Gasteiger partial charge >= 0.3 is 18.9 Å². The molecule has 0 radical (unpaired) electrons. The predicted octanol–water partition coefficient (Wildman–Crippen LogP) is -3.58. The van der Waals surface area contributed by atoms with Crippen molar-refractivity contribution in [1.29, 1.82) is 0 Å². The first-order valence-corrected chi connectivity index (χ1v) is 1.21. The van der Waals surface area contributed by atoms with Crippen molar-refractivity contribution in [2.45, 2.75) is 0 Å². The molecule has 26 valence electrons. The van der Waals surface area contributed by atoms with Crippen molar-refractivity contribution in [2.75, 3.05) is 13.1 Å². The summed E-state index contributed by atoms with van der Waals surface area (Å²) >= 11 is 0. The SMILES string of the molecule is C1CN1.[Li+].[OH-]. The van der Waals surface area contributed by atoms with Crippen LogP contribution >= 0.6 is 0 Å². The molecule has 1 fully saturated rings. The number of hydrogen-bond donors (Lipinski definition) is 1. The Labute approximate surface area is 43.4 Å². The molecule has 0 aromatic carbocycles. The van der Waals surface area contributed by atoms with Gasteiger partial charge in [0.1, 0.15) is 0 Å². The van der Waals surface area contributed by atoms with Crippen molar-refractivity contribution in [3.63, 3.8) is 0 Å². The van der Waals surface area contributed by atoms with Crippen molar-refractivity contribution in [2.24, 2.45) is 0 Å². The second-order valence-corrected chi connectivity index (χ2v) is 0.750. The molecule has 0 bridgehead atoms. The van der Waals surface area contributed by atoms with Crippen LogP contribution in [0, 0.1) is 0 Å². The van der Waals surface area contributed by atoms with Gasteiger partial charge in [-0.1, -0.05) is 0 Å². The van der Waals surface area contributed by atoms with E-state index < -0.39 is 0 Å². The van der Waals surface area contributed by atoms with E-state index in [-0.39, 0.29) is 24.3 Å². The third kappa shape index (κ3) is 12.4. The molecule has 1 rings (SSSR count). The second kappa shape index (κ2) is 4.52. The Bertz CT molecular complexity index is 14.4. The molecule has 0 amide bonds. The van der Waals surface area contributed by atoms with Crippen LogP contribution in [0.25, 0.3) is 0 Å². The molecule has 0 atom stereocenters. The van der Waals surface area contributed by atoms with Gasteiger partial charge in [-0.3, -0.25) is 0 Å². The minimum atomic E-state index is 0. The van der Waals surface area contributed by atoms with Crippen LogP contribution in [0.5, 0.6) is 0 Å². The van der Waals surface area contributed by atoms with Crippen LogP contribution in [0.1, 0.15) is 0 Å². The van der Waals surface area contributed by atoms with Gasteiger partial charge in [0.2, 0.25) is 0 Å². The summed E-state index contributed by atoms with van der Waals surface area (Å²) < 4.78 is 0. The first kappa shape index (κ1) is 9.10. The van der Waals surface area contributed by atoms with Gasteiger partial charge in [0.25, 0.3) is 0 Å². The summed E-state index contributed by atoms with van der Waals surface area (Å²) in [6, 6.07) is 0. The van der Waals surface area contributed by atoms with E-state index in [1.165, 1.54) is 13.1 Å². The Morgan fingerprint density at radius 3 is 1.40 bits per heavy atom. The van der Waals surface area contributed by atoms with Gasteiger partial charge in [-0.05, 0) is 0 Å². The van der Waals surface area contributed by atoms with Crippen LogP contribution in [0.15, 0.2) is 0 Å². The summed E-state index contributed by atoms with van der Waals surface area (Å²) in [5, 5.41) is 3.00. The quantitative estimate of drug-likeness (QED) is 0.235. The molecule has 1 aliphatic heterocycles. The summed E-state index contributed by atoms with van der Waals surface area (Å²) in [6.45, 7) is 2.50. The number of nitrogens with one attached hydrogen (secondary N) is 1. The van der Waals surface area contributed by atoms with Crippen LogP contribution < -0.4 is 24.2 Å². The molecular formula is C2H6LiNO. The molecule has 2 nitrogen and oxygen atoms in total. The molecule has 1 heterocycles. The molecule has 0 spiro atoms. The fourth-order valence-corrected chi connectivity index (χ4v) is 0. The van der Waals surface area contributed by atoms with E-state index in [1.54, 1.807) is 0 Å². The van der Waals surface area contributed by atoms with Crippen LogP contribution in [-0.4, -0.2) is 18.6 Å². The Morgan fingerprint density at radius 1 is 1.20 bits per heavy atom. The minimum absolute atomic E-state index is 0. The van der Waals surface area contributed by atoms with Gasteiger partial charge in [0, 0.05) is 13.1 Å². The summed E-state index contributed by atoms with van der Waals surface area (Å²) in [7, 11) is 0. The molecule has 0 aromatic rings. The largest absolute Gasteiger partial charge is 1.00 e. The van der Waals surface area contributed by atoms with Crippen molar-refractivity contribution in [1.82, 2.24) is 5.32 Å². The van der Waals surface area contributed by atoms with Crippen LogP contribution in [-0.2, 0) is 0 Å². The topological polar surface area (TPSA) is 51.9 Å². The van der Waals surface area contributed by atoms with Crippen molar-refractivity contribution >= 4 is 0 Å². The molecule has 0 unspecified atom stereocenters. The molecule has 0 aromatic heterocycles. The molecular weight excluding hydrogens is 61.0 g/mol. The minimum Gasteiger partial charge on any atom is -0.870 e. The molecule has 2 N–H and O–H groups in total. The Kier molecular flexibility index (Phi) is 8.22. The van der Waals surface area contributed by atoms with Crippen LogP contribution in [0.4, 0.5) is 0 Å². The zero-order valence-corrected chi connectivity index (χ0v) is 3.36. The van der Waals surface area contributed by atoms with Gasteiger partial charge in [0.15, 0.2) is 0 Å². The maximum atomic E-state index is 3.00. The Balaban J connectivity index is 0.